The van der Waals surface area contributed by atoms with Crippen LogP contribution in [-0.4, -0.2) is 55.1 Å². The minimum atomic E-state index is -0.459. The molecular weight excluding hydrogens is 290 g/mol. The molecule has 1 aromatic carbocycles. The molecule has 1 saturated heterocycles. The Kier molecular flexibility index (Phi) is 8.03. The van der Waals surface area contributed by atoms with Gasteiger partial charge in [-0.05, 0) is 24.3 Å². The Morgan fingerprint density at radius 2 is 2.04 bits per heavy atom. The van der Waals surface area contributed by atoms with Crippen LogP contribution in [0.3, 0.4) is 0 Å². The summed E-state index contributed by atoms with van der Waals surface area (Å²) in [6.07, 6.45) is 2.09. The van der Waals surface area contributed by atoms with Gasteiger partial charge >= 0.3 is 0 Å². The second-order valence-electron chi connectivity index (χ2n) is 6.90. The Labute approximate surface area is 140 Å². The first-order chi connectivity index (χ1) is 11.1. The summed E-state index contributed by atoms with van der Waals surface area (Å²) < 4.78 is 11.3. The highest BCUT2D eigenvalue weighted by molar-refractivity contribution is 5.14. The third-order valence-corrected chi connectivity index (χ3v) is 3.97. The Morgan fingerprint density at radius 1 is 1.26 bits per heavy atom. The monoisotopic (exact) mass is 321 g/mol. The molecule has 1 fully saturated rings. The van der Waals surface area contributed by atoms with Crippen LogP contribution >= 0.6 is 0 Å². The maximum Gasteiger partial charge on any atom is 0.0900 e. The highest BCUT2D eigenvalue weighted by atomic mass is 16.5. The zero-order valence-electron chi connectivity index (χ0n) is 14.5. The lowest BCUT2D eigenvalue weighted by Gasteiger charge is -2.27. The molecule has 0 spiro atoms. The number of benzene rings is 1. The molecule has 1 aromatic rings. The molecule has 0 radical (unpaired) electrons. The van der Waals surface area contributed by atoms with E-state index in [1.165, 1.54) is 5.56 Å². The van der Waals surface area contributed by atoms with Crippen molar-refractivity contribution in [3.63, 3.8) is 0 Å². The lowest BCUT2D eigenvalue weighted by Crippen LogP contribution is -2.39. The molecule has 23 heavy (non-hydrogen) atoms. The highest BCUT2D eigenvalue weighted by Crippen LogP contribution is 2.15. The molecule has 0 bridgehead atoms. The van der Waals surface area contributed by atoms with E-state index in [4.69, 9.17) is 9.47 Å². The molecule has 2 atom stereocenters. The summed E-state index contributed by atoms with van der Waals surface area (Å²) in [6.45, 7) is 8.52. The first-order valence-electron chi connectivity index (χ1n) is 8.77. The third kappa shape index (κ3) is 7.44. The molecule has 4 nitrogen and oxygen atoms in total. The predicted octanol–water partition coefficient (Wildman–Crippen LogP) is 2.70. The van der Waals surface area contributed by atoms with E-state index in [0.29, 0.717) is 31.8 Å². The van der Waals surface area contributed by atoms with Crippen LogP contribution in [0.15, 0.2) is 30.3 Å². The molecule has 1 aliphatic rings. The number of nitrogens with zero attached hydrogens (tertiary/aromatic N) is 1. The van der Waals surface area contributed by atoms with E-state index in [0.717, 1.165) is 32.5 Å². The van der Waals surface area contributed by atoms with Gasteiger partial charge in [0.2, 0.25) is 0 Å². The maximum absolute atomic E-state index is 10.3. The molecule has 2 rings (SSSR count). The average Bonchev–Trinajstić information content (AvgIpc) is 3.00. The fourth-order valence-corrected chi connectivity index (χ4v) is 2.91. The van der Waals surface area contributed by atoms with Gasteiger partial charge in [-0.3, -0.25) is 4.90 Å². The second kappa shape index (κ2) is 10.0. The maximum atomic E-state index is 10.3. The van der Waals surface area contributed by atoms with Crippen LogP contribution in [0.25, 0.3) is 0 Å². The molecule has 130 valence electrons. The zero-order valence-corrected chi connectivity index (χ0v) is 14.5. The van der Waals surface area contributed by atoms with E-state index < -0.39 is 6.10 Å². The van der Waals surface area contributed by atoms with Gasteiger partial charge in [-0.1, -0.05) is 44.2 Å². The summed E-state index contributed by atoms with van der Waals surface area (Å²) in [4.78, 5) is 2.29. The quantitative estimate of drug-likeness (QED) is 0.719. The molecule has 1 N–H and O–H groups in total. The summed E-state index contributed by atoms with van der Waals surface area (Å²) in [5, 5.41) is 10.3. The topological polar surface area (TPSA) is 41.9 Å². The number of aliphatic hydroxyl groups is 1. The summed E-state index contributed by atoms with van der Waals surface area (Å²) >= 11 is 0. The molecule has 0 unspecified atom stereocenters. The van der Waals surface area contributed by atoms with E-state index in [-0.39, 0.29) is 0 Å². The lowest BCUT2D eigenvalue weighted by atomic mass is 10.1. The normalized spacial score (nSPS) is 19.6. The molecule has 0 aliphatic carbocycles. The summed E-state index contributed by atoms with van der Waals surface area (Å²) in [7, 11) is 0. The minimum absolute atomic E-state index is 0.294. The number of rotatable bonds is 10. The fraction of sp³-hybridized carbons (Fsp3) is 0.684. The van der Waals surface area contributed by atoms with Crippen molar-refractivity contribution in [2.75, 3.05) is 32.9 Å². The zero-order chi connectivity index (χ0) is 16.5. The smallest absolute Gasteiger partial charge is 0.0900 e. The van der Waals surface area contributed by atoms with Crippen molar-refractivity contribution in [1.29, 1.82) is 0 Å². The SMILES string of the molecule is CC(C)COC[C@@H](O)CN(Cc1ccccc1)C[C@H]1CCCO1. The van der Waals surface area contributed by atoms with E-state index in [1.54, 1.807) is 0 Å². The van der Waals surface area contributed by atoms with Crippen LogP contribution in [0.4, 0.5) is 0 Å². The molecule has 0 aromatic heterocycles. The molecule has 0 saturated carbocycles. The number of hydrogen-bond acceptors (Lipinski definition) is 4. The van der Waals surface area contributed by atoms with Gasteiger partial charge in [-0.25, -0.2) is 0 Å². The first-order valence-corrected chi connectivity index (χ1v) is 8.77. The van der Waals surface area contributed by atoms with Gasteiger partial charge < -0.3 is 14.6 Å². The van der Waals surface area contributed by atoms with Crippen molar-refractivity contribution < 1.29 is 14.6 Å². The molecular formula is C19H31NO3. The Hall–Kier alpha value is -0.940. The Balaban J connectivity index is 1.84. The standard InChI is InChI=1S/C19H31NO3/c1-16(2)14-22-15-18(21)12-20(13-19-9-6-10-23-19)11-17-7-4-3-5-8-17/h3-5,7-8,16,18-19,21H,6,9-15H2,1-2H3/t18-,19+/m0/s1. The number of aliphatic hydroxyl groups excluding tert-OH is 1. The summed E-state index contributed by atoms with van der Waals surface area (Å²) in [6, 6.07) is 10.4. The van der Waals surface area contributed by atoms with Gasteiger partial charge in [0.05, 0.1) is 18.8 Å². The van der Waals surface area contributed by atoms with Gasteiger partial charge in [0.15, 0.2) is 0 Å². The van der Waals surface area contributed by atoms with Crippen molar-refractivity contribution in [3.8, 4) is 0 Å². The van der Waals surface area contributed by atoms with Crippen LogP contribution < -0.4 is 0 Å². The average molecular weight is 321 g/mol. The fourth-order valence-electron chi connectivity index (χ4n) is 2.91. The van der Waals surface area contributed by atoms with Crippen molar-refractivity contribution in [2.45, 2.75) is 45.4 Å². The summed E-state index contributed by atoms with van der Waals surface area (Å²) in [5.41, 5.74) is 1.26. The van der Waals surface area contributed by atoms with Crippen LogP contribution in [0.5, 0.6) is 0 Å². The highest BCUT2D eigenvalue weighted by Gasteiger charge is 2.21. The number of ether oxygens (including phenoxy) is 2. The van der Waals surface area contributed by atoms with E-state index in [2.05, 4.69) is 43.0 Å². The van der Waals surface area contributed by atoms with Crippen LogP contribution in [-0.2, 0) is 16.0 Å². The van der Waals surface area contributed by atoms with Gasteiger partial charge in [-0.2, -0.15) is 0 Å². The molecule has 4 heteroatoms. The Bertz CT molecular complexity index is 418. The van der Waals surface area contributed by atoms with Crippen molar-refractivity contribution in [2.24, 2.45) is 5.92 Å². The van der Waals surface area contributed by atoms with Crippen LogP contribution in [0, 0.1) is 5.92 Å². The molecule has 1 aliphatic heterocycles. The van der Waals surface area contributed by atoms with E-state index in [9.17, 15) is 5.11 Å². The molecule has 0 amide bonds. The minimum Gasteiger partial charge on any atom is -0.389 e. The van der Waals surface area contributed by atoms with Gasteiger partial charge in [0, 0.05) is 32.8 Å². The lowest BCUT2D eigenvalue weighted by molar-refractivity contribution is -0.00390. The first kappa shape index (κ1) is 18.4. The Morgan fingerprint density at radius 3 is 2.70 bits per heavy atom. The van der Waals surface area contributed by atoms with Gasteiger partial charge in [0.1, 0.15) is 0 Å². The second-order valence-corrected chi connectivity index (χ2v) is 6.90. The predicted molar refractivity (Wildman–Crippen MR) is 92.4 cm³/mol. The number of hydrogen-bond donors (Lipinski definition) is 1. The van der Waals surface area contributed by atoms with E-state index >= 15 is 0 Å². The van der Waals surface area contributed by atoms with Crippen molar-refractivity contribution in [1.82, 2.24) is 4.90 Å². The van der Waals surface area contributed by atoms with Crippen molar-refractivity contribution >= 4 is 0 Å². The van der Waals surface area contributed by atoms with Gasteiger partial charge in [-0.15, -0.1) is 0 Å². The summed E-state index contributed by atoms with van der Waals surface area (Å²) in [5.74, 6) is 0.495. The van der Waals surface area contributed by atoms with Crippen LogP contribution in [0.2, 0.25) is 0 Å². The largest absolute Gasteiger partial charge is 0.389 e. The van der Waals surface area contributed by atoms with E-state index in [1.807, 2.05) is 6.07 Å². The van der Waals surface area contributed by atoms with Crippen LogP contribution in [0.1, 0.15) is 32.3 Å². The molecule has 1 heterocycles. The third-order valence-electron chi connectivity index (χ3n) is 3.97. The van der Waals surface area contributed by atoms with Gasteiger partial charge in [0.25, 0.3) is 0 Å². The van der Waals surface area contributed by atoms with Crippen molar-refractivity contribution in [3.05, 3.63) is 35.9 Å².